The molecule has 0 radical (unpaired) electrons. The summed E-state index contributed by atoms with van der Waals surface area (Å²) < 4.78 is 0. The second-order valence-corrected chi connectivity index (χ2v) is 4.28. The summed E-state index contributed by atoms with van der Waals surface area (Å²) in [5.74, 6) is 0. The average Bonchev–Trinajstić information content (AvgIpc) is 2.41. The molecule has 2 nitrogen and oxygen atoms in total. The van der Waals surface area contributed by atoms with Crippen LogP contribution in [-0.4, -0.2) is 0 Å². The van der Waals surface area contributed by atoms with Gasteiger partial charge in [0.1, 0.15) is 0 Å². The first kappa shape index (κ1) is 11.9. The SMILES string of the molecule is Cc1cc(C#N)c(-c2ccc(C#N)cc2)cc1C. The second-order valence-electron chi connectivity index (χ2n) is 4.28. The van der Waals surface area contributed by atoms with Gasteiger partial charge >= 0.3 is 0 Å². The van der Waals surface area contributed by atoms with Crippen LogP contribution in [0.2, 0.25) is 0 Å². The van der Waals surface area contributed by atoms with Gasteiger partial charge in [0.25, 0.3) is 0 Å². The molecule has 0 fully saturated rings. The standard InChI is InChI=1S/C16H12N2/c1-11-7-15(10-18)16(8-12(11)2)14-5-3-13(9-17)4-6-14/h3-8H,1-2H3. The number of nitrogens with zero attached hydrogens (tertiary/aromatic N) is 2. The lowest BCUT2D eigenvalue weighted by Gasteiger charge is -2.08. The van der Waals surface area contributed by atoms with Crippen LogP contribution in [0.5, 0.6) is 0 Å². The van der Waals surface area contributed by atoms with Crippen molar-refractivity contribution in [1.82, 2.24) is 0 Å². The highest BCUT2D eigenvalue weighted by molar-refractivity contribution is 5.72. The molecule has 2 rings (SSSR count). The van der Waals surface area contributed by atoms with Crippen molar-refractivity contribution in [3.8, 4) is 23.3 Å². The minimum atomic E-state index is 0.626. The first-order valence-corrected chi connectivity index (χ1v) is 5.67. The van der Waals surface area contributed by atoms with Crippen molar-refractivity contribution in [3.63, 3.8) is 0 Å². The van der Waals surface area contributed by atoms with E-state index in [1.54, 1.807) is 12.1 Å². The molecule has 0 bridgehead atoms. The molecule has 0 saturated heterocycles. The van der Waals surface area contributed by atoms with Crippen LogP contribution in [0.4, 0.5) is 0 Å². The molecule has 0 amide bonds. The van der Waals surface area contributed by atoms with Crippen molar-refractivity contribution in [2.75, 3.05) is 0 Å². The topological polar surface area (TPSA) is 47.6 Å². The zero-order chi connectivity index (χ0) is 13.1. The van der Waals surface area contributed by atoms with E-state index in [4.69, 9.17) is 5.26 Å². The maximum atomic E-state index is 9.19. The smallest absolute Gasteiger partial charge is 0.0998 e. The Balaban J connectivity index is 2.60. The fraction of sp³-hybridized carbons (Fsp3) is 0.125. The van der Waals surface area contributed by atoms with Gasteiger partial charge in [0.2, 0.25) is 0 Å². The maximum absolute atomic E-state index is 9.19. The molecule has 0 aliphatic heterocycles. The Kier molecular flexibility index (Phi) is 3.13. The molecule has 0 aromatic heterocycles. The third kappa shape index (κ3) is 2.10. The van der Waals surface area contributed by atoms with Crippen LogP contribution >= 0.6 is 0 Å². The zero-order valence-corrected chi connectivity index (χ0v) is 10.4. The normalized spacial score (nSPS) is 9.56. The number of rotatable bonds is 1. The summed E-state index contributed by atoms with van der Waals surface area (Å²) in [6.45, 7) is 4.03. The van der Waals surface area contributed by atoms with Crippen LogP contribution < -0.4 is 0 Å². The highest BCUT2D eigenvalue weighted by Gasteiger charge is 2.07. The molecular weight excluding hydrogens is 220 g/mol. The number of hydrogen-bond acceptors (Lipinski definition) is 2. The summed E-state index contributed by atoms with van der Waals surface area (Å²) >= 11 is 0. The van der Waals surface area contributed by atoms with Gasteiger partial charge < -0.3 is 0 Å². The third-order valence-corrected chi connectivity index (χ3v) is 3.08. The third-order valence-electron chi connectivity index (χ3n) is 3.08. The molecule has 0 heterocycles. The lowest BCUT2D eigenvalue weighted by Crippen LogP contribution is -1.90. The molecular formula is C16H12N2. The van der Waals surface area contributed by atoms with Crippen molar-refractivity contribution < 1.29 is 0 Å². The summed E-state index contributed by atoms with van der Waals surface area (Å²) in [4.78, 5) is 0. The minimum Gasteiger partial charge on any atom is -0.192 e. The maximum Gasteiger partial charge on any atom is 0.0998 e. The minimum absolute atomic E-state index is 0.626. The van der Waals surface area contributed by atoms with Crippen LogP contribution in [0.15, 0.2) is 36.4 Å². The lowest BCUT2D eigenvalue weighted by molar-refractivity contribution is 1.32. The Morgan fingerprint density at radius 3 is 2.00 bits per heavy atom. The van der Waals surface area contributed by atoms with Gasteiger partial charge in [-0.05, 0) is 60.4 Å². The van der Waals surface area contributed by atoms with E-state index in [1.807, 2.05) is 38.1 Å². The fourth-order valence-corrected chi connectivity index (χ4v) is 1.87. The van der Waals surface area contributed by atoms with Crippen LogP contribution in [-0.2, 0) is 0 Å². The molecule has 2 aromatic rings. The predicted molar refractivity (Wildman–Crippen MR) is 70.8 cm³/mol. The summed E-state index contributed by atoms with van der Waals surface area (Å²) in [5.41, 5.74) is 5.46. The van der Waals surface area contributed by atoms with E-state index in [0.29, 0.717) is 11.1 Å². The van der Waals surface area contributed by atoms with Gasteiger partial charge in [-0.2, -0.15) is 10.5 Å². The van der Waals surface area contributed by atoms with Crippen molar-refractivity contribution in [2.45, 2.75) is 13.8 Å². The molecule has 86 valence electrons. The Bertz CT molecular complexity index is 668. The van der Waals surface area contributed by atoms with Crippen molar-refractivity contribution >= 4 is 0 Å². The molecule has 2 aromatic carbocycles. The Morgan fingerprint density at radius 2 is 1.44 bits per heavy atom. The van der Waals surface area contributed by atoms with E-state index in [2.05, 4.69) is 12.1 Å². The van der Waals surface area contributed by atoms with E-state index in [0.717, 1.165) is 22.3 Å². The average molecular weight is 232 g/mol. The molecule has 0 aliphatic carbocycles. The molecule has 0 unspecified atom stereocenters. The van der Waals surface area contributed by atoms with Gasteiger partial charge in [-0.3, -0.25) is 0 Å². The molecule has 0 aliphatic rings. The van der Waals surface area contributed by atoms with Crippen LogP contribution in [0.1, 0.15) is 22.3 Å². The van der Waals surface area contributed by atoms with Crippen LogP contribution in [0, 0.1) is 36.5 Å². The number of nitriles is 2. The quantitative estimate of drug-likeness (QED) is 0.752. The summed E-state index contributed by atoms with van der Waals surface area (Å²) in [6.07, 6.45) is 0. The molecule has 0 atom stereocenters. The highest BCUT2D eigenvalue weighted by atomic mass is 14.3. The molecule has 2 heteroatoms. The first-order chi connectivity index (χ1) is 8.65. The van der Waals surface area contributed by atoms with Crippen molar-refractivity contribution in [3.05, 3.63) is 58.7 Å². The Morgan fingerprint density at radius 1 is 0.833 bits per heavy atom. The molecule has 18 heavy (non-hydrogen) atoms. The Labute approximate surface area is 107 Å². The second kappa shape index (κ2) is 4.73. The van der Waals surface area contributed by atoms with Crippen molar-refractivity contribution in [1.29, 1.82) is 10.5 Å². The highest BCUT2D eigenvalue weighted by Crippen LogP contribution is 2.26. The molecule has 0 saturated carbocycles. The number of aryl methyl sites for hydroxylation is 2. The van der Waals surface area contributed by atoms with E-state index >= 15 is 0 Å². The zero-order valence-electron chi connectivity index (χ0n) is 10.4. The summed E-state index contributed by atoms with van der Waals surface area (Å²) in [7, 11) is 0. The first-order valence-electron chi connectivity index (χ1n) is 5.67. The van der Waals surface area contributed by atoms with Gasteiger partial charge in [0.05, 0.1) is 23.3 Å². The van der Waals surface area contributed by atoms with Gasteiger partial charge in [-0.1, -0.05) is 12.1 Å². The summed E-state index contributed by atoms with van der Waals surface area (Å²) in [6, 6.07) is 15.5. The number of benzene rings is 2. The van der Waals surface area contributed by atoms with Gasteiger partial charge in [0, 0.05) is 0 Å². The molecule has 0 N–H and O–H groups in total. The van der Waals surface area contributed by atoms with Crippen LogP contribution in [0.3, 0.4) is 0 Å². The monoisotopic (exact) mass is 232 g/mol. The van der Waals surface area contributed by atoms with E-state index in [9.17, 15) is 5.26 Å². The largest absolute Gasteiger partial charge is 0.192 e. The van der Waals surface area contributed by atoms with Gasteiger partial charge in [0.15, 0.2) is 0 Å². The van der Waals surface area contributed by atoms with E-state index < -0.39 is 0 Å². The van der Waals surface area contributed by atoms with Crippen LogP contribution in [0.25, 0.3) is 11.1 Å². The Hall–Kier alpha value is -2.58. The number of hydrogen-bond donors (Lipinski definition) is 0. The van der Waals surface area contributed by atoms with Crippen molar-refractivity contribution in [2.24, 2.45) is 0 Å². The fourth-order valence-electron chi connectivity index (χ4n) is 1.87. The molecule has 0 spiro atoms. The van der Waals surface area contributed by atoms with E-state index in [-0.39, 0.29) is 0 Å². The predicted octanol–water partition coefficient (Wildman–Crippen LogP) is 3.71. The summed E-state index contributed by atoms with van der Waals surface area (Å²) in [5, 5.41) is 18.0. The van der Waals surface area contributed by atoms with Gasteiger partial charge in [-0.25, -0.2) is 0 Å². The lowest BCUT2D eigenvalue weighted by atomic mass is 9.95. The van der Waals surface area contributed by atoms with Gasteiger partial charge in [-0.15, -0.1) is 0 Å². The van der Waals surface area contributed by atoms with E-state index in [1.165, 1.54) is 0 Å².